The van der Waals surface area contributed by atoms with Gasteiger partial charge in [0.15, 0.2) is 0 Å². The Balaban J connectivity index is 1.34. The molecule has 1 aliphatic rings. The molecule has 1 unspecified atom stereocenters. The zero-order valence-electron chi connectivity index (χ0n) is 18.5. The second-order valence-electron chi connectivity index (χ2n) is 7.74. The molecule has 3 rings (SSSR count). The number of hydrogen-bond donors (Lipinski definition) is 3. The van der Waals surface area contributed by atoms with Gasteiger partial charge >= 0.3 is 0 Å². The number of ether oxygens (including phenoxy) is 3. The van der Waals surface area contributed by atoms with Gasteiger partial charge in [-0.15, -0.1) is 0 Å². The van der Waals surface area contributed by atoms with Crippen LogP contribution in [0.25, 0.3) is 10.8 Å². The normalized spacial score (nSPS) is 16.5. The number of fused-ring (bicyclic) bond motifs is 1. The van der Waals surface area contributed by atoms with Gasteiger partial charge in [0.25, 0.3) is 0 Å². The predicted octanol–water partition coefficient (Wildman–Crippen LogP) is 1.82. The number of nitrogens with two attached hydrogens (primary N) is 1. The number of carbonyl (C=O) groups is 2. The predicted molar refractivity (Wildman–Crippen MR) is 123 cm³/mol. The van der Waals surface area contributed by atoms with Gasteiger partial charge in [-0.2, -0.15) is 0 Å². The topological polar surface area (TPSA) is 117 Å². The van der Waals surface area contributed by atoms with Crippen molar-refractivity contribution in [1.29, 1.82) is 0 Å². The van der Waals surface area contributed by atoms with E-state index >= 15 is 0 Å². The maximum Gasteiger partial charge on any atom is 0.249 e. The maximum atomic E-state index is 12.2. The summed E-state index contributed by atoms with van der Waals surface area (Å²) < 4.78 is 18.3. The number of rotatable bonds is 15. The van der Waals surface area contributed by atoms with Gasteiger partial charge in [-0.05, 0) is 31.9 Å². The minimum absolute atomic E-state index is 0.202. The summed E-state index contributed by atoms with van der Waals surface area (Å²) >= 11 is 0. The molecule has 176 valence electrons. The Kier molecular flexibility index (Phi) is 9.96. The molecular formula is C23H34N4O5. The molecule has 0 saturated carbocycles. The monoisotopic (exact) mass is 446 g/mol. The van der Waals surface area contributed by atoms with Gasteiger partial charge in [0, 0.05) is 55.0 Å². The zero-order valence-corrected chi connectivity index (χ0v) is 18.5. The number of amides is 2. The van der Waals surface area contributed by atoms with Gasteiger partial charge < -0.3 is 29.8 Å². The van der Waals surface area contributed by atoms with Crippen LogP contribution in [0.2, 0.25) is 0 Å². The van der Waals surface area contributed by atoms with Crippen molar-refractivity contribution in [3.05, 3.63) is 30.6 Å². The van der Waals surface area contributed by atoms with Crippen LogP contribution in [0, 0.1) is 0 Å². The van der Waals surface area contributed by atoms with Crippen molar-refractivity contribution in [2.75, 3.05) is 58.0 Å². The van der Waals surface area contributed by atoms with E-state index in [2.05, 4.69) is 10.6 Å². The van der Waals surface area contributed by atoms with E-state index in [0.29, 0.717) is 59.0 Å². The number of hydrogen-bond acceptors (Lipinski definition) is 7. The molecule has 32 heavy (non-hydrogen) atoms. The van der Waals surface area contributed by atoms with E-state index in [-0.39, 0.29) is 17.9 Å². The van der Waals surface area contributed by atoms with Gasteiger partial charge in [-0.1, -0.05) is 12.1 Å². The number of imide groups is 1. The Morgan fingerprint density at radius 3 is 2.44 bits per heavy atom. The number of anilines is 1. The number of nitrogens with one attached hydrogen (secondary N) is 2. The third kappa shape index (κ3) is 7.30. The van der Waals surface area contributed by atoms with Crippen LogP contribution >= 0.6 is 0 Å². The summed E-state index contributed by atoms with van der Waals surface area (Å²) in [6, 6.07) is 5.70. The third-order valence-electron chi connectivity index (χ3n) is 5.29. The van der Waals surface area contributed by atoms with E-state index in [1.807, 2.05) is 35.2 Å². The summed E-state index contributed by atoms with van der Waals surface area (Å²) in [5, 5.41) is 7.98. The zero-order chi connectivity index (χ0) is 22.6. The molecule has 1 atom stereocenters. The highest BCUT2D eigenvalue weighted by molar-refractivity contribution is 6.00. The molecule has 2 aromatic rings. The number of benzene rings is 1. The quantitative estimate of drug-likeness (QED) is 0.282. The highest BCUT2D eigenvalue weighted by Gasteiger charge is 2.27. The fourth-order valence-corrected chi connectivity index (χ4v) is 3.61. The Morgan fingerprint density at radius 2 is 1.72 bits per heavy atom. The first-order valence-electron chi connectivity index (χ1n) is 11.3. The molecule has 0 bridgehead atoms. The van der Waals surface area contributed by atoms with Crippen molar-refractivity contribution in [3.63, 3.8) is 0 Å². The molecule has 0 radical (unpaired) electrons. The summed E-state index contributed by atoms with van der Waals surface area (Å²) in [4.78, 5) is 23.6. The van der Waals surface area contributed by atoms with Crippen molar-refractivity contribution < 1.29 is 23.8 Å². The largest absolute Gasteiger partial charge is 0.384 e. The molecule has 1 aromatic heterocycles. The van der Waals surface area contributed by atoms with E-state index in [1.165, 1.54) is 0 Å². The Morgan fingerprint density at radius 1 is 1.00 bits per heavy atom. The van der Waals surface area contributed by atoms with Crippen LogP contribution in [-0.4, -0.2) is 69.1 Å². The van der Waals surface area contributed by atoms with Crippen molar-refractivity contribution in [2.24, 2.45) is 5.73 Å². The smallest absolute Gasteiger partial charge is 0.249 e. The fraction of sp³-hybridized carbons (Fsp3) is 0.565. The van der Waals surface area contributed by atoms with E-state index in [0.717, 1.165) is 35.8 Å². The summed E-state index contributed by atoms with van der Waals surface area (Å²) in [5.74, 6) is -0.442. The second kappa shape index (κ2) is 13.2. The number of carbonyl (C=O) groups excluding carboxylic acids is 2. The van der Waals surface area contributed by atoms with E-state index in [1.54, 1.807) is 0 Å². The first-order chi connectivity index (χ1) is 15.7. The number of nitrogens with zero attached hydrogens (tertiary/aromatic N) is 1. The van der Waals surface area contributed by atoms with E-state index in [4.69, 9.17) is 19.9 Å². The SMILES string of the molecule is NCCCOCCOCCOCCCNc1cccc2cn(C3CCC(=O)NC3=O)cc12. The third-order valence-corrected chi connectivity index (χ3v) is 5.29. The minimum Gasteiger partial charge on any atom is -0.384 e. The minimum atomic E-state index is -0.346. The lowest BCUT2D eigenvalue weighted by Gasteiger charge is -2.22. The highest BCUT2D eigenvalue weighted by atomic mass is 16.5. The first kappa shape index (κ1) is 24.2. The average molecular weight is 447 g/mol. The van der Waals surface area contributed by atoms with Crippen LogP contribution in [0.3, 0.4) is 0 Å². The second-order valence-corrected chi connectivity index (χ2v) is 7.74. The van der Waals surface area contributed by atoms with E-state index < -0.39 is 0 Å². The van der Waals surface area contributed by atoms with Crippen LogP contribution in [0.4, 0.5) is 5.69 Å². The maximum absolute atomic E-state index is 12.2. The summed E-state index contributed by atoms with van der Waals surface area (Å²) in [7, 11) is 0. The Bertz CT molecular complexity index is 869. The molecule has 1 fully saturated rings. The highest BCUT2D eigenvalue weighted by Crippen LogP contribution is 2.28. The van der Waals surface area contributed by atoms with Gasteiger partial charge in [0.05, 0.1) is 26.4 Å². The standard InChI is InChI=1S/C23H34N4O5/c24-8-2-10-30-12-14-32-15-13-31-11-3-9-25-20-5-1-4-18-16-27(17-19(18)20)21-6-7-22(28)26-23(21)29/h1,4-5,16-17,21,25H,2-3,6-15,24H2,(H,26,28,29). The summed E-state index contributed by atoms with van der Waals surface area (Å²) in [5.41, 5.74) is 6.42. The van der Waals surface area contributed by atoms with Gasteiger partial charge in [0.1, 0.15) is 6.04 Å². The van der Waals surface area contributed by atoms with Gasteiger partial charge in [0.2, 0.25) is 11.8 Å². The van der Waals surface area contributed by atoms with Crippen LogP contribution in [0.5, 0.6) is 0 Å². The number of aromatic nitrogens is 1. The molecule has 9 heteroatoms. The molecule has 0 aliphatic carbocycles. The Labute approximate surface area is 188 Å². The van der Waals surface area contributed by atoms with Gasteiger partial charge in [-0.3, -0.25) is 14.9 Å². The van der Waals surface area contributed by atoms with Crippen LogP contribution in [-0.2, 0) is 23.8 Å². The summed E-state index contributed by atoms with van der Waals surface area (Å²) in [6.45, 7) is 5.02. The molecule has 1 saturated heterocycles. The lowest BCUT2D eigenvalue weighted by atomic mass is 10.1. The first-order valence-corrected chi connectivity index (χ1v) is 11.3. The molecule has 1 aliphatic heterocycles. The molecule has 1 aromatic carbocycles. The lowest BCUT2D eigenvalue weighted by Crippen LogP contribution is -2.41. The van der Waals surface area contributed by atoms with Crippen molar-refractivity contribution >= 4 is 28.3 Å². The molecular weight excluding hydrogens is 412 g/mol. The van der Waals surface area contributed by atoms with Crippen LogP contribution in [0.1, 0.15) is 31.7 Å². The fourth-order valence-electron chi connectivity index (χ4n) is 3.61. The lowest BCUT2D eigenvalue weighted by molar-refractivity contribution is -0.135. The van der Waals surface area contributed by atoms with E-state index in [9.17, 15) is 9.59 Å². The Hall–Kier alpha value is -2.46. The molecule has 2 heterocycles. The molecule has 2 amide bonds. The number of piperidine rings is 1. The molecule has 4 N–H and O–H groups in total. The average Bonchev–Trinajstić information content (AvgIpc) is 3.21. The van der Waals surface area contributed by atoms with Crippen molar-refractivity contribution in [2.45, 2.75) is 31.7 Å². The van der Waals surface area contributed by atoms with Gasteiger partial charge in [-0.25, -0.2) is 0 Å². The van der Waals surface area contributed by atoms with Crippen LogP contribution in [0.15, 0.2) is 30.6 Å². The molecule has 0 spiro atoms. The molecule has 9 nitrogen and oxygen atoms in total. The summed E-state index contributed by atoms with van der Waals surface area (Å²) in [6.07, 6.45) is 6.57. The van der Waals surface area contributed by atoms with Crippen molar-refractivity contribution in [3.8, 4) is 0 Å². The van der Waals surface area contributed by atoms with Crippen molar-refractivity contribution in [1.82, 2.24) is 9.88 Å². The van der Waals surface area contributed by atoms with Crippen LogP contribution < -0.4 is 16.4 Å².